The number of hydrogen-bond donors (Lipinski definition) is 1. The molecule has 25 heavy (non-hydrogen) atoms. The number of hydrogen-bond acceptors (Lipinski definition) is 4. The largest absolute Gasteiger partial charge is 0.321 e. The molecule has 2 aromatic heterocycles. The van der Waals surface area contributed by atoms with Crippen molar-refractivity contribution in [2.75, 3.05) is 12.0 Å². The lowest BCUT2D eigenvalue weighted by Gasteiger charge is -2.08. The maximum Gasteiger partial charge on any atom is 0.266 e. The fourth-order valence-corrected chi connectivity index (χ4v) is 3.86. The van der Waals surface area contributed by atoms with E-state index in [-0.39, 0.29) is 18.0 Å². The fraction of sp³-hybridized carbons (Fsp3) is 0.278. The second-order valence-corrected chi connectivity index (χ2v) is 6.58. The molecule has 2 heterocycles. The van der Waals surface area contributed by atoms with Crippen LogP contribution < -0.4 is 10.9 Å². The summed E-state index contributed by atoms with van der Waals surface area (Å²) >= 11 is 1.19. The summed E-state index contributed by atoms with van der Waals surface area (Å²) in [5.41, 5.74) is 0.981. The van der Waals surface area contributed by atoms with Crippen molar-refractivity contribution < 1.29 is 9.18 Å². The van der Waals surface area contributed by atoms with E-state index in [1.165, 1.54) is 15.9 Å². The highest BCUT2D eigenvalue weighted by Crippen LogP contribution is 2.28. The molecule has 3 aromatic rings. The summed E-state index contributed by atoms with van der Waals surface area (Å²) in [6.45, 7) is 2.94. The standard InChI is InChI=1S/C18H18FN3O2S/c1-3-13-21-17-14(18(24)22(13)10-9-19)11(2)15(25-17)16(23)20-12-7-5-4-6-8-12/h4-8H,3,9-10H2,1-2H3,(H,20,23). The van der Waals surface area contributed by atoms with Crippen LogP contribution in [0, 0.1) is 6.92 Å². The van der Waals surface area contributed by atoms with Gasteiger partial charge in [-0.2, -0.15) is 0 Å². The molecule has 1 amide bonds. The number of thiophene rings is 1. The Morgan fingerprint density at radius 2 is 2.04 bits per heavy atom. The van der Waals surface area contributed by atoms with Gasteiger partial charge in [-0.3, -0.25) is 14.2 Å². The van der Waals surface area contributed by atoms with Gasteiger partial charge in [0, 0.05) is 12.1 Å². The van der Waals surface area contributed by atoms with Crippen LogP contribution in [0.2, 0.25) is 0 Å². The predicted octanol–water partition coefficient (Wildman–Crippen LogP) is 3.55. The molecule has 0 atom stereocenters. The lowest BCUT2D eigenvalue weighted by molar-refractivity contribution is 0.103. The Labute approximate surface area is 148 Å². The summed E-state index contributed by atoms with van der Waals surface area (Å²) in [5, 5.41) is 3.22. The SMILES string of the molecule is CCc1nc2sc(C(=O)Nc3ccccc3)c(C)c2c(=O)n1CCF. The lowest BCUT2D eigenvalue weighted by Crippen LogP contribution is -2.26. The molecule has 0 bridgehead atoms. The topological polar surface area (TPSA) is 64.0 Å². The maximum absolute atomic E-state index is 12.8. The first-order valence-electron chi connectivity index (χ1n) is 8.02. The molecule has 130 valence electrons. The van der Waals surface area contributed by atoms with Crippen LogP contribution in [0.3, 0.4) is 0 Å². The minimum atomic E-state index is -0.634. The minimum Gasteiger partial charge on any atom is -0.321 e. The molecular formula is C18H18FN3O2S. The predicted molar refractivity (Wildman–Crippen MR) is 98.4 cm³/mol. The Morgan fingerprint density at radius 1 is 1.32 bits per heavy atom. The molecule has 0 aliphatic carbocycles. The van der Waals surface area contributed by atoms with E-state index in [2.05, 4.69) is 10.3 Å². The van der Waals surface area contributed by atoms with E-state index >= 15 is 0 Å². The minimum absolute atomic E-state index is 0.0220. The summed E-state index contributed by atoms with van der Waals surface area (Å²) in [6, 6.07) is 9.12. The number of nitrogens with one attached hydrogen (secondary N) is 1. The van der Waals surface area contributed by atoms with Gasteiger partial charge in [-0.05, 0) is 24.6 Å². The van der Waals surface area contributed by atoms with E-state index < -0.39 is 6.67 Å². The van der Waals surface area contributed by atoms with Gasteiger partial charge in [0.2, 0.25) is 0 Å². The van der Waals surface area contributed by atoms with Crippen molar-refractivity contribution in [3.63, 3.8) is 0 Å². The third-order valence-electron chi connectivity index (χ3n) is 3.99. The van der Waals surface area contributed by atoms with Gasteiger partial charge < -0.3 is 5.32 Å². The van der Waals surface area contributed by atoms with E-state index in [4.69, 9.17) is 0 Å². The Kier molecular flexibility index (Phi) is 4.94. The van der Waals surface area contributed by atoms with Crippen LogP contribution in [0.4, 0.5) is 10.1 Å². The number of alkyl halides is 1. The molecule has 0 aliphatic rings. The highest BCUT2D eigenvalue weighted by molar-refractivity contribution is 7.20. The lowest BCUT2D eigenvalue weighted by atomic mass is 10.2. The first-order valence-corrected chi connectivity index (χ1v) is 8.83. The molecular weight excluding hydrogens is 341 g/mol. The molecule has 0 saturated heterocycles. The Balaban J connectivity index is 2.09. The van der Waals surface area contributed by atoms with Gasteiger partial charge in [-0.1, -0.05) is 25.1 Å². The molecule has 0 spiro atoms. The van der Waals surface area contributed by atoms with Crippen molar-refractivity contribution in [3.8, 4) is 0 Å². The van der Waals surface area contributed by atoms with Gasteiger partial charge in [0.25, 0.3) is 11.5 Å². The average molecular weight is 359 g/mol. The third kappa shape index (κ3) is 3.19. The first-order chi connectivity index (χ1) is 12.1. The summed E-state index contributed by atoms with van der Waals surface area (Å²) in [6.07, 6.45) is 0.522. The quantitative estimate of drug-likeness (QED) is 0.758. The zero-order valence-corrected chi connectivity index (χ0v) is 14.8. The van der Waals surface area contributed by atoms with E-state index in [9.17, 15) is 14.0 Å². The molecule has 1 N–H and O–H groups in total. The van der Waals surface area contributed by atoms with Gasteiger partial charge in [-0.25, -0.2) is 9.37 Å². The van der Waals surface area contributed by atoms with E-state index in [1.54, 1.807) is 19.1 Å². The molecule has 5 nitrogen and oxygen atoms in total. The molecule has 0 radical (unpaired) electrons. The number of benzene rings is 1. The molecule has 3 rings (SSSR count). The Hall–Kier alpha value is -2.54. The van der Waals surface area contributed by atoms with Crippen molar-refractivity contribution in [1.82, 2.24) is 9.55 Å². The fourth-order valence-electron chi connectivity index (χ4n) is 2.77. The highest BCUT2D eigenvalue weighted by Gasteiger charge is 2.21. The van der Waals surface area contributed by atoms with Gasteiger partial charge in [-0.15, -0.1) is 11.3 Å². The molecule has 1 aromatic carbocycles. The molecule has 0 unspecified atom stereocenters. The van der Waals surface area contributed by atoms with Crippen molar-refractivity contribution in [1.29, 1.82) is 0 Å². The molecule has 0 fully saturated rings. The van der Waals surface area contributed by atoms with Crippen LogP contribution in [0.5, 0.6) is 0 Å². The molecule has 7 heteroatoms. The smallest absolute Gasteiger partial charge is 0.266 e. The van der Waals surface area contributed by atoms with Crippen LogP contribution in [0.15, 0.2) is 35.1 Å². The summed E-state index contributed by atoms with van der Waals surface area (Å²) < 4.78 is 14.2. The summed E-state index contributed by atoms with van der Waals surface area (Å²) in [5.74, 6) is 0.257. The van der Waals surface area contributed by atoms with Crippen LogP contribution in [-0.2, 0) is 13.0 Å². The summed E-state index contributed by atoms with van der Waals surface area (Å²) in [7, 11) is 0. The zero-order chi connectivity index (χ0) is 18.0. The van der Waals surface area contributed by atoms with Gasteiger partial charge in [0.05, 0.1) is 16.8 Å². The number of nitrogens with zero attached hydrogens (tertiary/aromatic N) is 2. The van der Waals surface area contributed by atoms with Crippen LogP contribution in [-0.4, -0.2) is 22.1 Å². The van der Waals surface area contributed by atoms with E-state index in [0.717, 1.165) is 0 Å². The number of amides is 1. The Morgan fingerprint density at radius 3 is 2.68 bits per heavy atom. The third-order valence-corrected chi connectivity index (χ3v) is 5.18. The van der Waals surface area contributed by atoms with Crippen LogP contribution in [0.25, 0.3) is 10.2 Å². The maximum atomic E-state index is 12.8. The van der Waals surface area contributed by atoms with Gasteiger partial charge in [0.15, 0.2) is 0 Å². The number of rotatable bonds is 5. The second kappa shape index (κ2) is 7.14. The van der Waals surface area contributed by atoms with Crippen LogP contribution in [0.1, 0.15) is 28.0 Å². The monoisotopic (exact) mass is 359 g/mol. The number of para-hydroxylation sites is 1. The number of fused-ring (bicyclic) bond motifs is 1. The second-order valence-electron chi connectivity index (χ2n) is 5.58. The number of aromatic nitrogens is 2. The van der Waals surface area contributed by atoms with Crippen molar-refractivity contribution in [3.05, 3.63) is 57.0 Å². The van der Waals surface area contributed by atoms with Crippen LogP contribution >= 0.6 is 11.3 Å². The number of carbonyl (C=O) groups excluding carboxylic acids is 1. The number of aryl methyl sites for hydroxylation is 2. The highest BCUT2D eigenvalue weighted by atomic mass is 32.1. The van der Waals surface area contributed by atoms with Crippen molar-refractivity contribution >= 4 is 33.1 Å². The average Bonchev–Trinajstić information content (AvgIpc) is 2.95. The normalized spacial score (nSPS) is 11.0. The van der Waals surface area contributed by atoms with Crippen molar-refractivity contribution in [2.24, 2.45) is 0 Å². The Bertz CT molecular complexity index is 979. The first kappa shape index (κ1) is 17.3. The van der Waals surface area contributed by atoms with Gasteiger partial charge in [0.1, 0.15) is 17.3 Å². The van der Waals surface area contributed by atoms with Gasteiger partial charge >= 0.3 is 0 Å². The number of anilines is 1. The van der Waals surface area contributed by atoms with E-state index in [0.29, 0.717) is 38.6 Å². The summed E-state index contributed by atoms with van der Waals surface area (Å²) in [4.78, 5) is 30.8. The van der Waals surface area contributed by atoms with E-state index in [1.807, 2.05) is 25.1 Å². The number of halogens is 1. The zero-order valence-electron chi connectivity index (χ0n) is 14.0. The molecule has 0 saturated carbocycles. The van der Waals surface area contributed by atoms with Crippen molar-refractivity contribution in [2.45, 2.75) is 26.8 Å². The number of carbonyl (C=O) groups is 1. The molecule has 0 aliphatic heterocycles.